The van der Waals surface area contributed by atoms with Crippen LogP contribution < -0.4 is 0 Å². The highest BCUT2D eigenvalue weighted by atomic mass is 79.9. The van der Waals surface area contributed by atoms with Gasteiger partial charge in [0.25, 0.3) is 11.8 Å². The molecule has 0 unspecified atom stereocenters. The number of halogens is 1. The van der Waals surface area contributed by atoms with Crippen molar-refractivity contribution >= 4 is 27.7 Å². The van der Waals surface area contributed by atoms with Gasteiger partial charge < -0.3 is 9.80 Å². The Bertz CT molecular complexity index is 765. The first-order chi connectivity index (χ1) is 12.0. The quantitative estimate of drug-likeness (QED) is 0.854. The first kappa shape index (κ1) is 17.7. The standard InChI is InChI=1S/C18H21BrN4O2/c1-12(2)15-14(19)16(21-20-15)18(25)23-10-8-22(9-11-23)17(24)13-6-4-3-5-7-13/h3-7,12H,8-11H2,1-2H3,(H,20,21). The number of nitrogens with zero attached hydrogens (tertiary/aromatic N) is 3. The van der Waals surface area contributed by atoms with E-state index >= 15 is 0 Å². The zero-order chi connectivity index (χ0) is 18.0. The van der Waals surface area contributed by atoms with Crippen molar-refractivity contribution in [2.75, 3.05) is 26.2 Å². The van der Waals surface area contributed by atoms with Crippen LogP contribution in [-0.4, -0.2) is 58.0 Å². The minimum Gasteiger partial charge on any atom is -0.335 e. The molecule has 6 nitrogen and oxygen atoms in total. The monoisotopic (exact) mass is 404 g/mol. The maximum Gasteiger partial charge on any atom is 0.275 e. The molecule has 1 aromatic carbocycles. The Morgan fingerprint density at radius 2 is 1.60 bits per heavy atom. The molecule has 3 rings (SSSR count). The molecule has 132 valence electrons. The van der Waals surface area contributed by atoms with Gasteiger partial charge in [-0.05, 0) is 34.0 Å². The highest BCUT2D eigenvalue weighted by Crippen LogP contribution is 2.26. The summed E-state index contributed by atoms with van der Waals surface area (Å²) in [7, 11) is 0. The van der Waals surface area contributed by atoms with E-state index in [1.165, 1.54) is 0 Å². The van der Waals surface area contributed by atoms with E-state index in [-0.39, 0.29) is 17.7 Å². The average Bonchev–Trinajstić information content (AvgIpc) is 3.03. The summed E-state index contributed by atoms with van der Waals surface area (Å²) in [5, 5.41) is 7.10. The third kappa shape index (κ3) is 3.61. The summed E-state index contributed by atoms with van der Waals surface area (Å²) in [4.78, 5) is 28.7. The van der Waals surface area contributed by atoms with Crippen LogP contribution in [0.15, 0.2) is 34.8 Å². The number of H-pyrrole nitrogens is 1. The maximum absolute atomic E-state index is 12.7. The predicted octanol–water partition coefficient (Wildman–Crippen LogP) is 2.89. The molecule has 0 aliphatic carbocycles. The molecule has 0 radical (unpaired) electrons. The Hall–Kier alpha value is -2.15. The Balaban J connectivity index is 1.64. The lowest BCUT2D eigenvalue weighted by Crippen LogP contribution is -2.50. The molecule has 1 aliphatic heterocycles. The van der Waals surface area contributed by atoms with Crippen molar-refractivity contribution in [2.45, 2.75) is 19.8 Å². The molecular formula is C18H21BrN4O2. The molecule has 2 amide bonds. The summed E-state index contributed by atoms with van der Waals surface area (Å²) in [6.45, 7) is 6.15. The van der Waals surface area contributed by atoms with E-state index in [2.05, 4.69) is 26.1 Å². The summed E-state index contributed by atoms with van der Waals surface area (Å²) in [5.41, 5.74) is 2.01. The molecule has 0 bridgehead atoms. The minimum absolute atomic E-state index is 0.00995. The van der Waals surface area contributed by atoms with Crippen LogP contribution >= 0.6 is 15.9 Å². The number of aromatic nitrogens is 2. The van der Waals surface area contributed by atoms with Gasteiger partial charge in [-0.3, -0.25) is 14.7 Å². The Labute approximate surface area is 155 Å². The second kappa shape index (κ2) is 7.39. The number of nitrogens with one attached hydrogen (secondary N) is 1. The van der Waals surface area contributed by atoms with E-state index < -0.39 is 0 Å². The van der Waals surface area contributed by atoms with Crippen LogP contribution in [-0.2, 0) is 0 Å². The van der Waals surface area contributed by atoms with Crippen molar-refractivity contribution in [2.24, 2.45) is 0 Å². The highest BCUT2D eigenvalue weighted by Gasteiger charge is 2.28. The van der Waals surface area contributed by atoms with E-state index in [1.54, 1.807) is 9.80 Å². The van der Waals surface area contributed by atoms with Crippen LogP contribution in [0.2, 0.25) is 0 Å². The number of carbonyl (C=O) groups excluding carboxylic acids is 2. The summed E-state index contributed by atoms with van der Waals surface area (Å²) in [5.74, 6) is 0.154. The van der Waals surface area contributed by atoms with Gasteiger partial charge in [0.15, 0.2) is 5.69 Å². The molecule has 1 aliphatic rings. The molecule has 2 heterocycles. The second-order valence-electron chi connectivity index (χ2n) is 6.40. The number of amides is 2. The first-order valence-electron chi connectivity index (χ1n) is 8.36. The van der Waals surface area contributed by atoms with E-state index in [0.29, 0.717) is 37.4 Å². The van der Waals surface area contributed by atoms with Crippen LogP contribution in [0.3, 0.4) is 0 Å². The normalized spacial score (nSPS) is 14.9. The molecule has 0 spiro atoms. The largest absolute Gasteiger partial charge is 0.335 e. The van der Waals surface area contributed by atoms with Crippen molar-refractivity contribution in [3.05, 3.63) is 51.8 Å². The van der Waals surface area contributed by atoms with Gasteiger partial charge >= 0.3 is 0 Å². The fourth-order valence-electron chi connectivity index (χ4n) is 2.89. The van der Waals surface area contributed by atoms with Gasteiger partial charge in [-0.1, -0.05) is 32.0 Å². The van der Waals surface area contributed by atoms with E-state index in [1.807, 2.05) is 44.2 Å². The second-order valence-corrected chi connectivity index (χ2v) is 7.20. The van der Waals surface area contributed by atoms with Gasteiger partial charge in [0.05, 0.1) is 10.2 Å². The van der Waals surface area contributed by atoms with Crippen molar-refractivity contribution in [1.29, 1.82) is 0 Å². The number of hydrogen-bond acceptors (Lipinski definition) is 3. The topological polar surface area (TPSA) is 69.3 Å². The summed E-state index contributed by atoms with van der Waals surface area (Å²) in [6, 6.07) is 9.23. The molecule has 7 heteroatoms. The fourth-order valence-corrected chi connectivity index (χ4v) is 3.70. The molecule has 2 aromatic rings. The SMILES string of the molecule is CC(C)c1[nH]nc(C(=O)N2CCN(C(=O)c3ccccc3)CC2)c1Br. The lowest BCUT2D eigenvalue weighted by molar-refractivity contribution is 0.0531. The van der Waals surface area contributed by atoms with Gasteiger partial charge in [0, 0.05) is 31.7 Å². The van der Waals surface area contributed by atoms with E-state index in [4.69, 9.17) is 0 Å². The van der Waals surface area contributed by atoms with Crippen molar-refractivity contribution in [3.8, 4) is 0 Å². The molecule has 0 atom stereocenters. The van der Waals surface area contributed by atoms with Crippen molar-refractivity contribution < 1.29 is 9.59 Å². The number of carbonyl (C=O) groups is 2. The van der Waals surface area contributed by atoms with Crippen molar-refractivity contribution in [1.82, 2.24) is 20.0 Å². The average molecular weight is 405 g/mol. The number of aromatic amines is 1. The van der Waals surface area contributed by atoms with Crippen LogP contribution in [0.5, 0.6) is 0 Å². The third-order valence-corrected chi connectivity index (χ3v) is 5.19. The molecular weight excluding hydrogens is 384 g/mol. The number of benzene rings is 1. The molecule has 25 heavy (non-hydrogen) atoms. The van der Waals surface area contributed by atoms with Crippen LogP contribution in [0.1, 0.15) is 46.3 Å². The van der Waals surface area contributed by atoms with Gasteiger partial charge in [-0.15, -0.1) is 0 Å². The summed E-state index contributed by atoms with van der Waals surface area (Å²) < 4.78 is 0.732. The predicted molar refractivity (Wildman–Crippen MR) is 98.6 cm³/mol. The lowest BCUT2D eigenvalue weighted by Gasteiger charge is -2.34. The maximum atomic E-state index is 12.7. The third-order valence-electron chi connectivity index (χ3n) is 4.39. The van der Waals surface area contributed by atoms with Gasteiger partial charge in [-0.25, -0.2) is 0 Å². The number of rotatable bonds is 3. The zero-order valence-corrected chi connectivity index (χ0v) is 15.9. The molecule has 1 N–H and O–H groups in total. The minimum atomic E-state index is -0.109. The first-order valence-corrected chi connectivity index (χ1v) is 9.15. The fraction of sp³-hybridized carbons (Fsp3) is 0.389. The summed E-state index contributed by atoms with van der Waals surface area (Å²) in [6.07, 6.45) is 0. The lowest BCUT2D eigenvalue weighted by atomic mass is 10.1. The van der Waals surface area contributed by atoms with Gasteiger partial charge in [-0.2, -0.15) is 5.10 Å². The Morgan fingerprint density at radius 3 is 2.12 bits per heavy atom. The molecule has 1 aromatic heterocycles. The molecule has 1 fully saturated rings. The van der Waals surface area contributed by atoms with Crippen LogP contribution in [0, 0.1) is 0 Å². The smallest absolute Gasteiger partial charge is 0.275 e. The zero-order valence-electron chi connectivity index (χ0n) is 14.3. The highest BCUT2D eigenvalue weighted by molar-refractivity contribution is 9.10. The number of hydrogen-bond donors (Lipinski definition) is 1. The Morgan fingerprint density at radius 1 is 1.04 bits per heavy atom. The molecule has 1 saturated heterocycles. The van der Waals surface area contributed by atoms with Crippen LogP contribution in [0.25, 0.3) is 0 Å². The number of piperazine rings is 1. The van der Waals surface area contributed by atoms with E-state index in [0.717, 1.165) is 10.2 Å². The van der Waals surface area contributed by atoms with E-state index in [9.17, 15) is 9.59 Å². The van der Waals surface area contributed by atoms with Crippen molar-refractivity contribution in [3.63, 3.8) is 0 Å². The molecule has 0 saturated carbocycles. The Kier molecular flexibility index (Phi) is 5.22. The van der Waals surface area contributed by atoms with Gasteiger partial charge in [0.1, 0.15) is 0 Å². The van der Waals surface area contributed by atoms with Gasteiger partial charge in [0.2, 0.25) is 0 Å². The summed E-state index contributed by atoms with van der Waals surface area (Å²) >= 11 is 3.48. The van der Waals surface area contributed by atoms with Crippen LogP contribution in [0.4, 0.5) is 0 Å².